The van der Waals surface area contributed by atoms with E-state index >= 15 is 4.39 Å². The molecule has 5 unspecified atom stereocenters. The van der Waals surface area contributed by atoms with Crippen molar-refractivity contribution in [2.24, 2.45) is 16.5 Å². The van der Waals surface area contributed by atoms with Crippen LogP contribution in [0.2, 0.25) is 0 Å². The Morgan fingerprint density at radius 1 is 1.17 bits per heavy atom. The van der Waals surface area contributed by atoms with Crippen molar-refractivity contribution in [2.75, 3.05) is 18.9 Å². The standard InChI is InChI=1S/C20H27FN11O8P/c21-10-13(34)9(39-19(10)31-5-27-11-14(22)25-4-26-16(11)31)3-37-41(35,36)40-8-1-7(2-33)38-18(8)32-6-28-12-15(23)29-20(24)30-17(12)32/h4-10,13,15,18-19,33-34H,1-3,23H2,(H,35,36)(H2,22,25,26)(H3,24,29,30)/t7-,8?,9+,10?,13?,15?,18+,19+/m0/s1. The van der Waals surface area contributed by atoms with E-state index in [1.165, 1.54) is 28.1 Å². The number of nitrogens with one attached hydrogen (secondary N) is 1. The fourth-order valence-corrected chi connectivity index (χ4v) is 5.86. The molecule has 0 spiro atoms. The topological polar surface area (TPSA) is 279 Å². The fourth-order valence-electron chi connectivity index (χ4n) is 4.93. The predicted octanol–water partition coefficient (Wildman–Crippen LogP) is -1.81. The number of aliphatic hydroxyl groups is 2. The van der Waals surface area contributed by atoms with Crippen LogP contribution in [0.1, 0.15) is 30.7 Å². The van der Waals surface area contributed by atoms with E-state index in [4.69, 9.17) is 35.7 Å². The lowest BCUT2D eigenvalue weighted by Crippen LogP contribution is -2.41. The van der Waals surface area contributed by atoms with E-state index in [1.54, 1.807) is 0 Å². The van der Waals surface area contributed by atoms with Gasteiger partial charge in [-0.05, 0) is 0 Å². The van der Waals surface area contributed by atoms with Crippen molar-refractivity contribution >= 4 is 36.6 Å². The molecule has 2 saturated heterocycles. The number of ether oxygens (including phenoxy) is 2. The second kappa shape index (κ2) is 10.5. The smallest absolute Gasteiger partial charge is 0.394 e. The molecule has 41 heavy (non-hydrogen) atoms. The largest absolute Gasteiger partial charge is 0.472 e. The monoisotopic (exact) mass is 599 g/mol. The molecule has 0 aliphatic carbocycles. The molecular weight excluding hydrogens is 572 g/mol. The van der Waals surface area contributed by atoms with Crippen LogP contribution in [0.4, 0.5) is 16.0 Å². The minimum atomic E-state index is -4.86. The highest BCUT2D eigenvalue weighted by molar-refractivity contribution is 7.47. The lowest BCUT2D eigenvalue weighted by atomic mass is 10.1. The Morgan fingerprint density at radius 2 is 1.95 bits per heavy atom. The molecule has 0 amide bonds. The molecule has 3 aliphatic rings. The summed E-state index contributed by atoms with van der Waals surface area (Å²) in [6.45, 7) is -1.11. The second-order valence-electron chi connectivity index (χ2n) is 9.54. The Labute approximate surface area is 229 Å². The molecular formula is C20H27FN11O8P. The normalized spacial score (nSPS) is 33.0. The highest BCUT2D eigenvalue weighted by atomic mass is 31.2. The molecule has 19 nitrogen and oxygen atoms in total. The van der Waals surface area contributed by atoms with Crippen molar-refractivity contribution in [1.29, 1.82) is 0 Å². The summed E-state index contributed by atoms with van der Waals surface area (Å²) < 4.78 is 52.6. The molecule has 0 aromatic carbocycles. The Bertz CT molecular complexity index is 1520. The lowest BCUT2D eigenvalue weighted by Gasteiger charge is -2.25. The third-order valence-corrected chi connectivity index (χ3v) is 7.88. The number of phosphoric acid groups is 1. The van der Waals surface area contributed by atoms with Crippen LogP contribution in [0.3, 0.4) is 0 Å². The van der Waals surface area contributed by atoms with Crippen molar-refractivity contribution < 1.29 is 42.6 Å². The molecule has 0 saturated carbocycles. The molecule has 0 radical (unpaired) electrons. The van der Waals surface area contributed by atoms with E-state index in [-0.39, 0.29) is 35.2 Å². The first kappa shape index (κ1) is 27.8. The van der Waals surface area contributed by atoms with Crippen LogP contribution in [-0.2, 0) is 23.1 Å². The van der Waals surface area contributed by atoms with Gasteiger partial charge in [-0.2, -0.15) is 4.99 Å². The van der Waals surface area contributed by atoms with Crippen LogP contribution in [0.25, 0.3) is 11.2 Å². The third-order valence-electron chi connectivity index (χ3n) is 6.87. The molecule has 6 rings (SSSR count). The predicted molar refractivity (Wildman–Crippen MR) is 134 cm³/mol. The molecule has 0 bridgehead atoms. The number of alkyl halides is 1. The number of rotatable bonds is 8. The first-order valence-corrected chi connectivity index (χ1v) is 13.8. The van der Waals surface area contributed by atoms with Gasteiger partial charge in [0.2, 0.25) is 0 Å². The molecule has 3 aliphatic heterocycles. The van der Waals surface area contributed by atoms with Gasteiger partial charge in [-0.3, -0.25) is 18.2 Å². The van der Waals surface area contributed by atoms with Gasteiger partial charge < -0.3 is 47.1 Å². The van der Waals surface area contributed by atoms with Gasteiger partial charge in [0.25, 0.3) is 0 Å². The van der Waals surface area contributed by atoms with Crippen molar-refractivity contribution in [3.05, 3.63) is 24.7 Å². The molecule has 6 heterocycles. The average Bonchev–Trinajstić information content (AvgIpc) is 3.69. The number of nitrogens with two attached hydrogens (primary N) is 3. The van der Waals surface area contributed by atoms with E-state index in [0.717, 1.165) is 0 Å². The molecule has 21 heteroatoms. The maximum absolute atomic E-state index is 15.1. The third kappa shape index (κ3) is 5.02. The van der Waals surface area contributed by atoms with Gasteiger partial charge in [0.05, 0.1) is 32.0 Å². The van der Waals surface area contributed by atoms with Crippen LogP contribution in [-0.4, -0.2) is 93.9 Å². The fraction of sp³-hybridized carbons (Fsp3) is 0.550. The molecule has 2 fully saturated rings. The molecule has 222 valence electrons. The highest BCUT2D eigenvalue weighted by Crippen LogP contribution is 2.50. The summed E-state index contributed by atoms with van der Waals surface area (Å²) in [6.07, 6.45) is -6.37. The zero-order valence-corrected chi connectivity index (χ0v) is 21.9. The minimum absolute atomic E-state index is 0.00139. The van der Waals surface area contributed by atoms with Crippen LogP contribution in [0, 0.1) is 0 Å². The van der Waals surface area contributed by atoms with E-state index < -0.39 is 70.2 Å². The number of hydrogen-bond acceptors (Lipinski definition) is 16. The Hall–Kier alpha value is -3.33. The summed E-state index contributed by atoms with van der Waals surface area (Å²) in [5.74, 6) is 0.335. The van der Waals surface area contributed by atoms with E-state index in [2.05, 4.69) is 30.2 Å². The zero-order chi connectivity index (χ0) is 29.1. The average molecular weight is 599 g/mol. The van der Waals surface area contributed by atoms with E-state index in [0.29, 0.717) is 5.69 Å². The Kier molecular flexibility index (Phi) is 7.12. The number of aliphatic imine (C=N–C) groups is 1. The molecule has 3 aromatic heterocycles. The van der Waals surface area contributed by atoms with Gasteiger partial charge in [0, 0.05) is 6.42 Å². The number of guanidine groups is 1. The number of nitrogens with zero attached hydrogens (tertiary/aromatic N) is 7. The van der Waals surface area contributed by atoms with E-state index in [9.17, 15) is 19.7 Å². The van der Waals surface area contributed by atoms with Gasteiger partial charge in [0.1, 0.15) is 42.0 Å². The van der Waals surface area contributed by atoms with Crippen molar-refractivity contribution in [3.8, 4) is 0 Å². The van der Waals surface area contributed by atoms with Crippen molar-refractivity contribution in [1.82, 2.24) is 34.4 Å². The Morgan fingerprint density at radius 3 is 2.73 bits per heavy atom. The maximum Gasteiger partial charge on any atom is 0.472 e. The maximum atomic E-state index is 15.1. The van der Waals surface area contributed by atoms with Gasteiger partial charge in [-0.25, -0.2) is 28.9 Å². The van der Waals surface area contributed by atoms with Crippen molar-refractivity contribution in [2.45, 2.75) is 55.6 Å². The molecule has 9 atom stereocenters. The lowest BCUT2D eigenvalue weighted by molar-refractivity contribution is -0.0605. The Balaban J connectivity index is 1.15. The summed E-state index contributed by atoms with van der Waals surface area (Å²) in [5.41, 5.74) is 18.3. The number of aliphatic hydroxyl groups excluding tert-OH is 2. The number of imidazole rings is 2. The van der Waals surface area contributed by atoms with Crippen LogP contribution >= 0.6 is 7.82 Å². The summed E-state index contributed by atoms with van der Waals surface area (Å²) >= 11 is 0. The number of aromatic nitrogens is 6. The summed E-state index contributed by atoms with van der Waals surface area (Å²) in [5, 5.41) is 22.8. The van der Waals surface area contributed by atoms with Crippen LogP contribution in [0.15, 0.2) is 24.0 Å². The van der Waals surface area contributed by atoms with Crippen LogP contribution in [0.5, 0.6) is 0 Å². The zero-order valence-electron chi connectivity index (χ0n) is 21.0. The first-order valence-electron chi connectivity index (χ1n) is 12.3. The van der Waals surface area contributed by atoms with E-state index in [1.807, 2.05) is 0 Å². The summed E-state index contributed by atoms with van der Waals surface area (Å²) in [7, 11) is -4.86. The van der Waals surface area contributed by atoms with Gasteiger partial charge in [0.15, 0.2) is 41.9 Å². The van der Waals surface area contributed by atoms with Gasteiger partial charge in [-0.1, -0.05) is 0 Å². The number of anilines is 1. The summed E-state index contributed by atoms with van der Waals surface area (Å²) in [4.78, 5) is 30.8. The molecule has 10 N–H and O–H groups in total. The number of phosphoric ester groups is 1. The molecule has 3 aromatic rings. The first-order chi connectivity index (χ1) is 19.6. The summed E-state index contributed by atoms with van der Waals surface area (Å²) in [6, 6.07) is 0. The van der Waals surface area contributed by atoms with Crippen molar-refractivity contribution in [3.63, 3.8) is 0 Å². The van der Waals surface area contributed by atoms with Gasteiger partial charge in [-0.15, -0.1) is 0 Å². The van der Waals surface area contributed by atoms with Gasteiger partial charge >= 0.3 is 7.82 Å². The number of nitrogen functional groups attached to an aromatic ring is 1. The number of fused-ring (bicyclic) bond motifs is 2. The number of halogens is 1. The van der Waals surface area contributed by atoms with Crippen LogP contribution < -0.4 is 22.5 Å². The highest BCUT2D eigenvalue weighted by Gasteiger charge is 2.48. The number of hydrogen-bond donors (Lipinski definition) is 7. The second-order valence-corrected chi connectivity index (χ2v) is 10.9. The SMILES string of the molecule is NC1=Nc2c(ncn2[C@@H]2O[C@H](CO)CC2OP(=O)(O)OC[C@H]2O[C@@H](n3cnc4c(N)ncnc43)C(F)C2O)C(N)N1. The quantitative estimate of drug-likeness (QED) is 0.140. The minimum Gasteiger partial charge on any atom is -0.394 e.